The zero-order chi connectivity index (χ0) is 13.0. The van der Waals surface area contributed by atoms with Crippen LogP contribution in [0.5, 0.6) is 0 Å². The molecule has 0 aliphatic carbocycles. The molecule has 0 amide bonds. The molecule has 1 unspecified atom stereocenters. The third-order valence-corrected chi connectivity index (χ3v) is 3.09. The number of aryl methyl sites for hydroxylation is 1. The summed E-state index contributed by atoms with van der Waals surface area (Å²) in [6.45, 7) is 1.90. The van der Waals surface area contributed by atoms with E-state index in [4.69, 9.17) is 5.84 Å². The summed E-state index contributed by atoms with van der Waals surface area (Å²) in [7, 11) is 0. The number of nitrogens with two attached hydrogens (primary N) is 1. The lowest BCUT2D eigenvalue weighted by atomic mass is 9.96. The zero-order valence-corrected chi connectivity index (χ0v) is 10.4. The van der Waals surface area contributed by atoms with Crippen LogP contribution in [0.2, 0.25) is 0 Å². The molecule has 3 N–H and O–H groups in total. The van der Waals surface area contributed by atoms with Gasteiger partial charge in [0.05, 0.1) is 6.04 Å². The Balaban J connectivity index is 2.23. The second-order valence-electron chi connectivity index (χ2n) is 4.41. The van der Waals surface area contributed by atoms with Gasteiger partial charge in [0.15, 0.2) is 0 Å². The van der Waals surface area contributed by atoms with E-state index in [1.54, 1.807) is 6.07 Å². The van der Waals surface area contributed by atoms with Crippen LogP contribution < -0.4 is 11.3 Å². The summed E-state index contributed by atoms with van der Waals surface area (Å²) >= 11 is 0. The van der Waals surface area contributed by atoms with Crippen molar-refractivity contribution in [3.63, 3.8) is 0 Å². The normalized spacial score (nSPS) is 12.4. The molecule has 0 spiro atoms. The monoisotopic (exact) mass is 244 g/mol. The van der Waals surface area contributed by atoms with Crippen molar-refractivity contribution in [1.29, 1.82) is 0 Å². The van der Waals surface area contributed by atoms with Crippen LogP contribution in [0.25, 0.3) is 0 Å². The average molecular weight is 244 g/mol. The topological polar surface area (TPSA) is 38.0 Å². The number of halogens is 1. The lowest BCUT2D eigenvalue weighted by molar-refractivity contribution is 0.546. The van der Waals surface area contributed by atoms with Crippen LogP contribution in [0.1, 0.15) is 22.7 Å². The molecule has 94 valence electrons. The molecule has 0 aromatic heterocycles. The van der Waals surface area contributed by atoms with Crippen molar-refractivity contribution in [2.24, 2.45) is 5.84 Å². The van der Waals surface area contributed by atoms with Crippen molar-refractivity contribution in [3.05, 3.63) is 71.0 Å². The van der Waals surface area contributed by atoms with Crippen LogP contribution >= 0.6 is 0 Å². The highest BCUT2D eigenvalue weighted by atomic mass is 19.1. The first-order valence-corrected chi connectivity index (χ1v) is 5.97. The number of rotatable bonds is 4. The fraction of sp³-hybridized carbons (Fsp3) is 0.200. The van der Waals surface area contributed by atoms with E-state index in [1.165, 1.54) is 17.7 Å². The fourth-order valence-electron chi connectivity index (χ4n) is 2.14. The first-order valence-electron chi connectivity index (χ1n) is 5.97. The second kappa shape index (κ2) is 5.76. The quantitative estimate of drug-likeness (QED) is 0.641. The summed E-state index contributed by atoms with van der Waals surface area (Å²) in [6, 6.07) is 14.9. The van der Waals surface area contributed by atoms with Crippen molar-refractivity contribution in [2.75, 3.05) is 0 Å². The molecule has 18 heavy (non-hydrogen) atoms. The average Bonchev–Trinajstić information content (AvgIpc) is 2.38. The number of hydrogen-bond donors (Lipinski definition) is 2. The van der Waals surface area contributed by atoms with E-state index in [1.807, 2.05) is 25.1 Å². The number of benzene rings is 2. The van der Waals surface area contributed by atoms with Gasteiger partial charge in [-0.1, -0.05) is 36.4 Å². The Morgan fingerprint density at radius 1 is 1.17 bits per heavy atom. The maximum atomic E-state index is 13.1. The predicted octanol–water partition coefficient (Wildman–Crippen LogP) is 2.88. The van der Waals surface area contributed by atoms with Crippen LogP contribution in [0.15, 0.2) is 48.5 Å². The van der Waals surface area contributed by atoms with E-state index in [-0.39, 0.29) is 11.9 Å². The summed E-state index contributed by atoms with van der Waals surface area (Å²) in [4.78, 5) is 0. The minimum absolute atomic E-state index is 0.00648. The molecule has 0 aliphatic rings. The van der Waals surface area contributed by atoms with Crippen molar-refractivity contribution in [3.8, 4) is 0 Å². The molecule has 1 atom stereocenters. The predicted molar refractivity (Wildman–Crippen MR) is 71.3 cm³/mol. The summed E-state index contributed by atoms with van der Waals surface area (Å²) in [6.07, 6.45) is 0.782. The van der Waals surface area contributed by atoms with Crippen molar-refractivity contribution < 1.29 is 4.39 Å². The maximum Gasteiger partial charge on any atom is 0.123 e. The third kappa shape index (κ3) is 2.94. The van der Waals surface area contributed by atoms with Crippen LogP contribution in [-0.4, -0.2) is 0 Å². The van der Waals surface area contributed by atoms with Gasteiger partial charge >= 0.3 is 0 Å². The largest absolute Gasteiger partial charge is 0.271 e. The summed E-state index contributed by atoms with van der Waals surface area (Å²) < 4.78 is 13.1. The Hall–Kier alpha value is -1.71. The highest BCUT2D eigenvalue weighted by molar-refractivity contribution is 5.31. The Morgan fingerprint density at radius 3 is 2.50 bits per heavy atom. The summed E-state index contributed by atoms with van der Waals surface area (Å²) in [5.74, 6) is 5.40. The molecular formula is C15H17FN2. The maximum absolute atomic E-state index is 13.1. The van der Waals surface area contributed by atoms with Crippen LogP contribution in [0.3, 0.4) is 0 Å². The van der Waals surface area contributed by atoms with E-state index in [0.717, 1.165) is 17.5 Å². The summed E-state index contributed by atoms with van der Waals surface area (Å²) in [5.41, 5.74) is 5.94. The molecule has 2 aromatic carbocycles. The molecule has 0 heterocycles. The molecular weight excluding hydrogens is 227 g/mol. The van der Waals surface area contributed by atoms with Crippen LogP contribution in [-0.2, 0) is 6.42 Å². The minimum atomic E-state index is -0.216. The molecule has 0 saturated heterocycles. The Kier molecular flexibility index (Phi) is 4.07. The Morgan fingerprint density at radius 2 is 1.89 bits per heavy atom. The first kappa shape index (κ1) is 12.7. The molecule has 0 saturated carbocycles. The lowest BCUT2D eigenvalue weighted by Gasteiger charge is -2.18. The van der Waals surface area contributed by atoms with E-state index >= 15 is 0 Å². The van der Waals surface area contributed by atoms with Gasteiger partial charge in [0.1, 0.15) is 5.82 Å². The zero-order valence-electron chi connectivity index (χ0n) is 10.4. The van der Waals surface area contributed by atoms with Gasteiger partial charge in [0.2, 0.25) is 0 Å². The highest BCUT2D eigenvalue weighted by Gasteiger charge is 2.13. The SMILES string of the molecule is Cc1cc(F)ccc1C(Cc1ccccc1)NN. The minimum Gasteiger partial charge on any atom is -0.271 e. The van der Waals surface area contributed by atoms with Gasteiger partial charge in [-0.3, -0.25) is 11.3 Å². The van der Waals surface area contributed by atoms with Gasteiger partial charge in [-0.2, -0.15) is 0 Å². The standard InChI is InChI=1S/C15H17FN2/c1-11-9-13(16)7-8-14(11)15(18-17)10-12-5-3-2-4-6-12/h2-9,15,18H,10,17H2,1H3. The molecule has 2 nitrogen and oxygen atoms in total. The van der Waals surface area contributed by atoms with Crippen molar-refractivity contribution >= 4 is 0 Å². The van der Waals surface area contributed by atoms with Gasteiger partial charge in [-0.25, -0.2) is 4.39 Å². The number of nitrogens with one attached hydrogen (secondary N) is 1. The smallest absolute Gasteiger partial charge is 0.123 e. The molecule has 0 bridgehead atoms. The molecule has 2 aromatic rings. The highest BCUT2D eigenvalue weighted by Crippen LogP contribution is 2.21. The van der Waals surface area contributed by atoms with Gasteiger partial charge in [0.25, 0.3) is 0 Å². The fourth-order valence-corrected chi connectivity index (χ4v) is 2.14. The summed E-state index contributed by atoms with van der Waals surface area (Å²) in [5, 5.41) is 0. The van der Waals surface area contributed by atoms with Gasteiger partial charge in [-0.15, -0.1) is 0 Å². The van der Waals surface area contributed by atoms with Crippen molar-refractivity contribution in [1.82, 2.24) is 5.43 Å². The van der Waals surface area contributed by atoms with Crippen LogP contribution in [0.4, 0.5) is 4.39 Å². The number of hydrogen-bond acceptors (Lipinski definition) is 2. The van der Waals surface area contributed by atoms with E-state index in [2.05, 4.69) is 17.6 Å². The lowest BCUT2D eigenvalue weighted by Crippen LogP contribution is -2.30. The number of hydrazine groups is 1. The first-order chi connectivity index (χ1) is 8.70. The van der Waals surface area contributed by atoms with Crippen molar-refractivity contribution in [2.45, 2.75) is 19.4 Å². The second-order valence-corrected chi connectivity index (χ2v) is 4.41. The van der Waals surface area contributed by atoms with E-state index in [0.29, 0.717) is 0 Å². The van der Waals surface area contributed by atoms with E-state index in [9.17, 15) is 4.39 Å². The molecule has 0 radical (unpaired) electrons. The molecule has 0 fully saturated rings. The van der Waals surface area contributed by atoms with Gasteiger partial charge in [0, 0.05) is 0 Å². The molecule has 3 heteroatoms. The third-order valence-electron chi connectivity index (χ3n) is 3.09. The Labute approximate surface area is 107 Å². The molecule has 2 rings (SSSR count). The molecule has 0 aliphatic heterocycles. The van der Waals surface area contributed by atoms with Gasteiger partial charge in [-0.05, 0) is 42.2 Å². The Bertz CT molecular complexity index is 511. The van der Waals surface area contributed by atoms with Gasteiger partial charge < -0.3 is 0 Å². The van der Waals surface area contributed by atoms with Crippen LogP contribution in [0, 0.1) is 12.7 Å². The van der Waals surface area contributed by atoms with E-state index < -0.39 is 0 Å².